The van der Waals surface area contributed by atoms with E-state index in [-0.39, 0.29) is 5.56 Å². The first kappa shape index (κ1) is 19.5. The molecule has 4 nitrogen and oxygen atoms in total. The second-order valence-electron chi connectivity index (χ2n) is 5.92. The molecule has 130 valence electrons. The van der Waals surface area contributed by atoms with Crippen LogP contribution in [0.25, 0.3) is 0 Å². The molecule has 0 radical (unpaired) electrons. The van der Waals surface area contributed by atoms with E-state index in [9.17, 15) is 9.90 Å². The highest BCUT2D eigenvalue weighted by atomic mass is 16.5. The zero-order valence-corrected chi connectivity index (χ0v) is 14.0. The standard InChI is InChI=1S/C19H30O4/c20-14-9-7-5-3-1-2-4-6-8-10-15-23-18-13-11-12-17(16-18)19(21)22/h11-13,16,20H,1-10,14-15H2,(H,21,22)/p-1. The Morgan fingerprint density at radius 1 is 0.913 bits per heavy atom. The first-order chi connectivity index (χ1) is 11.2. The van der Waals surface area contributed by atoms with E-state index in [1.54, 1.807) is 12.1 Å². The van der Waals surface area contributed by atoms with Crippen LogP contribution < -0.4 is 9.84 Å². The molecule has 0 bridgehead atoms. The molecule has 4 heteroatoms. The van der Waals surface area contributed by atoms with Crippen molar-refractivity contribution in [2.45, 2.75) is 64.2 Å². The highest BCUT2D eigenvalue weighted by Gasteiger charge is 1.98. The first-order valence-electron chi connectivity index (χ1n) is 8.79. The Kier molecular flexibility index (Phi) is 11.0. The number of ether oxygens (including phenoxy) is 1. The maximum atomic E-state index is 10.8. The van der Waals surface area contributed by atoms with E-state index in [1.807, 2.05) is 0 Å². The van der Waals surface area contributed by atoms with Crippen molar-refractivity contribution in [2.24, 2.45) is 0 Å². The molecule has 0 fully saturated rings. The maximum absolute atomic E-state index is 10.8. The Labute approximate surface area is 139 Å². The second-order valence-corrected chi connectivity index (χ2v) is 5.92. The third-order valence-electron chi connectivity index (χ3n) is 3.89. The van der Waals surface area contributed by atoms with Crippen molar-refractivity contribution in [3.63, 3.8) is 0 Å². The second kappa shape index (κ2) is 12.9. The van der Waals surface area contributed by atoms with E-state index < -0.39 is 5.97 Å². The quantitative estimate of drug-likeness (QED) is 0.534. The van der Waals surface area contributed by atoms with Gasteiger partial charge in [-0.25, -0.2) is 0 Å². The minimum Gasteiger partial charge on any atom is -0.545 e. The molecule has 0 aliphatic rings. The highest BCUT2D eigenvalue weighted by molar-refractivity contribution is 5.86. The van der Waals surface area contributed by atoms with E-state index in [4.69, 9.17) is 9.84 Å². The summed E-state index contributed by atoms with van der Waals surface area (Å²) in [5, 5.41) is 19.4. The number of aromatic carboxylic acids is 1. The van der Waals surface area contributed by atoms with Gasteiger partial charge >= 0.3 is 0 Å². The molecule has 0 heterocycles. The Morgan fingerprint density at radius 3 is 2.04 bits per heavy atom. The van der Waals surface area contributed by atoms with Crippen LogP contribution in [0.15, 0.2) is 24.3 Å². The molecule has 23 heavy (non-hydrogen) atoms. The molecule has 0 amide bonds. The van der Waals surface area contributed by atoms with Gasteiger partial charge in [-0.1, -0.05) is 63.5 Å². The predicted molar refractivity (Wildman–Crippen MR) is 89.5 cm³/mol. The van der Waals surface area contributed by atoms with Crippen LogP contribution in [0.5, 0.6) is 5.75 Å². The molecule has 1 N–H and O–H groups in total. The molecule has 0 saturated heterocycles. The number of aliphatic hydroxyl groups is 1. The molecular weight excluding hydrogens is 292 g/mol. The fraction of sp³-hybridized carbons (Fsp3) is 0.632. The topological polar surface area (TPSA) is 69.6 Å². The fourth-order valence-electron chi connectivity index (χ4n) is 2.53. The van der Waals surface area contributed by atoms with E-state index in [1.165, 1.54) is 50.7 Å². The Morgan fingerprint density at radius 2 is 1.48 bits per heavy atom. The normalized spacial score (nSPS) is 10.7. The number of rotatable bonds is 14. The Hall–Kier alpha value is -1.55. The van der Waals surface area contributed by atoms with Crippen LogP contribution in [0.3, 0.4) is 0 Å². The van der Waals surface area contributed by atoms with Crippen molar-refractivity contribution in [2.75, 3.05) is 13.2 Å². The lowest BCUT2D eigenvalue weighted by atomic mass is 10.1. The van der Waals surface area contributed by atoms with Gasteiger partial charge in [0, 0.05) is 12.2 Å². The number of unbranched alkanes of at least 4 members (excludes halogenated alkanes) is 9. The van der Waals surface area contributed by atoms with E-state index >= 15 is 0 Å². The minimum absolute atomic E-state index is 0.154. The predicted octanol–water partition coefficient (Wildman–Crippen LogP) is 3.32. The van der Waals surface area contributed by atoms with Crippen molar-refractivity contribution < 1.29 is 19.7 Å². The van der Waals surface area contributed by atoms with Crippen molar-refractivity contribution in [1.29, 1.82) is 0 Å². The van der Waals surface area contributed by atoms with Gasteiger partial charge in [0.1, 0.15) is 5.75 Å². The summed E-state index contributed by atoms with van der Waals surface area (Å²) in [5.41, 5.74) is 0.154. The largest absolute Gasteiger partial charge is 0.545 e. The lowest BCUT2D eigenvalue weighted by Gasteiger charge is -2.08. The average molecular weight is 321 g/mol. The summed E-state index contributed by atoms with van der Waals surface area (Å²) in [7, 11) is 0. The number of carboxylic acids is 1. The van der Waals surface area contributed by atoms with Crippen molar-refractivity contribution in [1.82, 2.24) is 0 Å². The van der Waals surface area contributed by atoms with Crippen LogP contribution in [-0.4, -0.2) is 24.3 Å². The minimum atomic E-state index is -1.17. The molecule has 0 aromatic heterocycles. The van der Waals surface area contributed by atoms with Crippen LogP contribution in [-0.2, 0) is 0 Å². The number of carboxylic acid groups (broad SMARTS) is 1. The highest BCUT2D eigenvalue weighted by Crippen LogP contribution is 2.14. The molecule has 0 saturated carbocycles. The molecule has 1 aromatic carbocycles. The zero-order valence-electron chi connectivity index (χ0n) is 14.0. The van der Waals surface area contributed by atoms with Crippen LogP contribution in [0, 0.1) is 0 Å². The molecular formula is C19H29O4-. The lowest BCUT2D eigenvalue weighted by Crippen LogP contribution is -2.22. The molecule has 0 unspecified atom stereocenters. The van der Waals surface area contributed by atoms with Crippen molar-refractivity contribution >= 4 is 5.97 Å². The van der Waals surface area contributed by atoms with Gasteiger partial charge in [0.05, 0.1) is 12.6 Å². The van der Waals surface area contributed by atoms with E-state index in [2.05, 4.69) is 0 Å². The summed E-state index contributed by atoms with van der Waals surface area (Å²) in [6.07, 6.45) is 11.8. The summed E-state index contributed by atoms with van der Waals surface area (Å²) in [6, 6.07) is 6.45. The summed E-state index contributed by atoms with van der Waals surface area (Å²) in [4.78, 5) is 10.8. The number of benzene rings is 1. The number of aliphatic hydroxyl groups excluding tert-OH is 1. The summed E-state index contributed by atoms with van der Waals surface area (Å²) in [5.74, 6) is -0.582. The SMILES string of the molecule is O=C([O-])c1cccc(OCCCCCCCCCCCCO)c1. The molecule has 1 aromatic rings. The molecule has 0 spiro atoms. The fourth-order valence-corrected chi connectivity index (χ4v) is 2.53. The Balaban J connectivity index is 1.93. The molecule has 0 atom stereocenters. The summed E-state index contributed by atoms with van der Waals surface area (Å²) in [6.45, 7) is 0.942. The van der Waals surface area contributed by atoms with Gasteiger partial charge in [0.25, 0.3) is 0 Å². The Bertz CT molecular complexity index is 431. The smallest absolute Gasteiger partial charge is 0.119 e. The monoisotopic (exact) mass is 321 g/mol. The third kappa shape index (κ3) is 9.95. The van der Waals surface area contributed by atoms with Crippen molar-refractivity contribution in [3.05, 3.63) is 29.8 Å². The molecule has 1 rings (SSSR count). The van der Waals surface area contributed by atoms with Gasteiger partial charge in [-0.15, -0.1) is 0 Å². The van der Waals surface area contributed by atoms with Crippen LogP contribution in [0.1, 0.15) is 74.6 Å². The van der Waals surface area contributed by atoms with Crippen LogP contribution in [0.4, 0.5) is 0 Å². The van der Waals surface area contributed by atoms with Crippen LogP contribution in [0.2, 0.25) is 0 Å². The maximum Gasteiger partial charge on any atom is 0.119 e. The van der Waals surface area contributed by atoms with Gasteiger partial charge in [0.15, 0.2) is 0 Å². The lowest BCUT2D eigenvalue weighted by molar-refractivity contribution is -0.255. The van der Waals surface area contributed by atoms with E-state index in [0.717, 1.165) is 25.7 Å². The number of carbonyl (C=O) groups is 1. The van der Waals surface area contributed by atoms with Gasteiger partial charge in [-0.05, 0) is 25.0 Å². The average Bonchev–Trinajstić information content (AvgIpc) is 2.56. The summed E-state index contributed by atoms with van der Waals surface area (Å²) < 4.78 is 5.57. The van der Waals surface area contributed by atoms with Gasteiger partial charge in [-0.2, -0.15) is 0 Å². The van der Waals surface area contributed by atoms with Gasteiger partial charge in [0.2, 0.25) is 0 Å². The van der Waals surface area contributed by atoms with Gasteiger partial charge < -0.3 is 19.7 Å². The van der Waals surface area contributed by atoms with E-state index in [0.29, 0.717) is 19.0 Å². The summed E-state index contributed by atoms with van der Waals surface area (Å²) >= 11 is 0. The zero-order chi connectivity index (χ0) is 16.8. The molecule has 0 aliphatic carbocycles. The van der Waals surface area contributed by atoms with Crippen molar-refractivity contribution in [3.8, 4) is 5.75 Å². The number of carbonyl (C=O) groups excluding carboxylic acids is 1. The molecule has 0 aliphatic heterocycles. The van der Waals surface area contributed by atoms with Crippen LogP contribution >= 0.6 is 0 Å². The third-order valence-corrected chi connectivity index (χ3v) is 3.89. The van der Waals surface area contributed by atoms with Gasteiger partial charge in [-0.3, -0.25) is 0 Å². The number of hydrogen-bond donors (Lipinski definition) is 1. The number of hydrogen-bond acceptors (Lipinski definition) is 4. The first-order valence-corrected chi connectivity index (χ1v) is 8.79.